The molecule has 0 radical (unpaired) electrons. The topological polar surface area (TPSA) is 234 Å². The summed E-state index contributed by atoms with van der Waals surface area (Å²) < 4.78 is 56.8. The molecule has 18 nitrogen and oxygen atoms in total. The van der Waals surface area contributed by atoms with Crippen LogP contribution in [0.5, 0.6) is 0 Å². The summed E-state index contributed by atoms with van der Waals surface area (Å²) in [5.74, 6) is 4.92. The van der Waals surface area contributed by atoms with E-state index in [2.05, 4.69) is 202 Å². The highest BCUT2D eigenvalue weighted by Gasteiger charge is 2.27. The van der Waals surface area contributed by atoms with Gasteiger partial charge >= 0.3 is 0 Å². The largest absolute Gasteiger partial charge is 0.456 e. The SMILES string of the molecule is C[Si](C)(C)c1ccc2c(c1)oc1cc(-c3nc(-c4ccc5c(c4)oc4ccccc45)nc(-c4ccc5c(c4)oc4ccccc45)n3)ccc12.c1ccc2c(c1)ccc1c3ccc(-c4nc(-c5ccc6c(c5)oc5ccccc56)nc(-c5ccc6c(c5)oc5ccccc56)n4)cc3oc21.c1ccc2c(c1)ccc1oc3cc(-c4nc(-c5ccc6c(c5)oc5ccccc56)nc(-c5ccc6c(c5)oc5ccccc56)n4)ccc3c12. The summed E-state index contributed by atoms with van der Waals surface area (Å²) >= 11 is 0. The van der Waals surface area contributed by atoms with Crippen LogP contribution in [0, 0.1) is 0 Å². The van der Waals surface area contributed by atoms with Crippen LogP contribution in [0.1, 0.15) is 0 Å². The molecule has 20 aromatic carbocycles. The number of fused-ring (bicyclic) bond motifs is 31. The van der Waals surface area contributed by atoms with E-state index in [9.17, 15) is 0 Å². The number of para-hydroxylation sites is 6. The number of nitrogens with zero attached hydrogens (tertiary/aromatic N) is 9. The van der Waals surface area contributed by atoms with Crippen LogP contribution >= 0.6 is 0 Å². The fraction of sp³-hybridized carbons (Fsp3) is 0.0234. The van der Waals surface area contributed by atoms with Crippen molar-refractivity contribution in [3.63, 3.8) is 0 Å². The summed E-state index contributed by atoms with van der Waals surface area (Å²) in [4.78, 5) is 45.3. The summed E-state index contributed by atoms with van der Waals surface area (Å²) in [6, 6.07) is 136. The fourth-order valence-corrected chi connectivity index (χ4v) is 22.3. The molecular formula is C128H75N9O9Si. The minimum atomic E-state index is -1.50. The van der Waals surface area contributed by atoms with Crippen molar-refractivity contribution in [3.05, 3.63) is 400 Å². The highest BCUT2D eigenvalue weighted by atomic mass is 28.3. The lowest BCUT2D eigenvalue weighted by atomic mass is 10.0. The molecule has 0 bridgehead atoms. The van der Waals surface area contributed by atoms with Crippen molar-refractivity contribution in [2.24, 2.45) is 0 Å². The summed E-state index contributed by atoms with van der Waals surface area (Å²) in [6.07, 6.45) is 0. The second kappa shape index (κ2) is 32.5. The minimum Gasteiger partial charge on any atom is -0.456 e. The Kier molecular flexibility index (Phi) is 18.4. The normalized spacial score (nSPS) is 12.2. The van der Waals surface area contributed by atoms with Gasteiger partial charge in [0.25, 0.3) is 0 Å². The Balaban J connectivity index is 0.000000102. The average molecular weight is 1910 g/mol. The summed E-state index contributed by atoms with van der Waals surface area (Å²) in [6.45, 7) is 7.05. The van der Waals surface area contributed by atoms with E-state index in [1.165, 1.54) is 10.6 Å². The van der Waals surface area contributed by atoms with E-state index in [1.807, 2.05) is 218 Å². The van der Waals surface area contributed by atoms with Gasteiger partial charge in [-0.1, -0.05) is 261 Å². The van der Waals surface area contributed by atoms with E-state index in [0.717, 1.165) is 264 Å². The molecule has 32 aromatic rings. The molecule has 0 amide bonds. The number of hydrogen-bond acceptors (Lipinski definition) is 18. The van der Waals surface area contributed by atoms with Gasteiger partial charge in [-0.05, 0) is 180 Å². The maximum atomic E-state index is 6.52. The zero-order valence-electron chi connectivity index (χ0n) is 78.8. The maximum absolute atomic E-state index is 6.52. The number of furan rings is 9. The van der Waals surface area contributed by atoms with Gasteiger partial charge in [-0.25, -0.2) is 44.9 Å². The zero-order valence-corrected chi connectivity index (χ0v) is 79.8. The zero-order chi connectivity index (χ0) is 97.0. The van der Waals surface area contributed by atoms with Crippen LogP contribution in [0.25, 0.3) is 321 Å². The van der Waals surface area contributed by atoms with Crippen LogP contribution in [0.15, 0.2) is 440 Å². The van der Waals surface area contributed by atoms with E-state index in [0.29, 0.717) is 52.4 Å². The van der Waals surface area contributed by atoms with Gasteiger partial charge < -0.3 is 39.8 Å². The Hall–Kier alpha value is -19.6. The van der Waals surface area contributed by atoms with Crippen molar-refractivity contribution in [1.29, 1.82) is 0 Å². The molecule has 0 fully saturated rings. The minimum absolute atomic E-state index is 0.543. The number of aromatic nitrogens is 9. The van der Waals surface area contributed by atoms with Crippen LogP contribution in [0.3, 0.4) is 0 Å². The summed E-state index contributed by atoms with van der Waals surface area (Å²) in [5.41, 5.74) is 22.3. The Morgan fingerprint density at radius 2 is 0.340 bits per heavy atom. The van der Waals surface area contributed by atoms with Crippen LogP contribution in [-0.2, 0) is 0 Å². The van der Waals surface area contributed by atoms with Crippen LogP contribution in [0.4, 0.5) is 0 Å². The summed E-state index contributed by atoms with van der Waals surface area (Å²) in [7, 11) is -1.50. The Morgan fingerprint density at radius 3 is 0.639 bits per heavy atom. The lowest BCUT2D eigenvalue weighted by molar-refractivity contribution is 0.668. The monoisotopic (exact) mass is 1910 g/mol. The maximum Gasteiger partial charge on any atom is 0.164 e. The third-order valence-corrected chi connectivity index (χ3v) is 30.6. The highest BCUT2D eigenvalue weighted by molar-refractivity contribution is 6.88. The lowest BCUT2D eigenvalue weighted by Crippen LogP contribution is -2.37. The van der Waals surface area contributed by atoms with Crippen molar-refractivity contribution < 1.29 is 39.8 Å². The molecule has 0 spiro atoms. The van der Waals surface area contributed by atoms with Gasteiger partial charge in [-0.2, -0.15) is 0 Å². The second-order valence-corrected chi connectivity index (χ2v) is 43.6. The van der Waals surface area contributed by atoms with Crippen molar-refractivity contribution in [2.45, 2.75) is 19.6 Å². The molecule has 0 aliphatic rings. The summed E-state index contributed by atoms with van der Waals surface area (Å²) in [5, 5.41) is 25.2. The van der Waals surface area contributed by atoms with Crippen molar-refractivity contribution >= 4 is 232 Å². The third-order valence-electron chi connectivity index (χ3n) is 28.6. The van der Waals surface area contributed by atoms with E-state index in [4.69, 9.17) is 84.6 Å². The van der Waals surface area contributed by atoms with Gasteiger partial charge in [0.05, 0.1) is 8.07 Å². The lowest BCUT2D eigenvalue weighted by Gasteiger charge is -2.15. The molecule has 0 saturated heterocycles. The van der Waals surface area contributed by atoms with Crippen LogP contribution in [0.2, 0.25) is 19.6 Å². The van der Waals surface area contributed by atoms with Gasteiger partial charge in [0, 0.05) is 152 Å². The first kappa shape index (κ1) is 83.2. The third kappa shape index (κ3) is 13.9. The molecule has 0 atom stereocenters. The Bertz CT molecular complexity index is 10500. The van der Waals surface area contributed by atoms with Crippen LogP contribution < -0.4 is 5.19 Å². The Morgan fingerprint density at radius 1 is 0.143 bits per heavy atom. The fourth-order valence-electron chi connectivity index (χ4n) is 21.2. The first-order valence-corrected chi connectivity index (χ1v) is 52.3. The predicted molar refractivity (Wildman–Crippen MR) is 592 cm³/mol. The Labute approximate surface area is 833 Å². The van der Waals surface area contributed by atoms with Gasteiger partial charge in [-0.3, -0.25) is 0 Å². The quantitative estimate of drug-likeness (QED) is 0.116. The molecule has 0 unspecified atom stereocenters. The van der Waals surface area contributed by atoms with E-state index in [1.54, 1.807) is 0 Å². The molecule has 12 heterocycles. The van der Waals surface area contributed by atoms with Gasteiger partial charge in [0.2, 0.25) is 0 Å². The van der Waals surface area contributed by atoms with Crippen molar-refractivity contribution in [2.75, 3.05) is 0 Å². The van der Waals surface area contributed by atoms with E-state index in [-0.39, 0.29) is 0 Å². The number of hydrogen-bond donors (Lipinski definition) is 0. The highest BCUT2D eigenvalue weighted by Crippen LogP contribution is 2.46. The molecule has 32 rings (SSSR count). The van der Waals surface area contributed by atoms with Gasteiger partial charge in [-0.15, -0.1) is 0 Å². The molecule has 147 heavy (non-hydrogen) atoms. The molecular weight excluding hydrogens is 1840 g/mol. The standard InChI is InChI=1S/2C43H23N3O3.C42H29N3O3Si/c1-2-8-28-24(7-1)13-20-34-33-19-16-27(23-39(33)49-40(28)34)43-45-41(25-14-17-31-29-9-3-5-11-35(29)47-37(31)21-25)44-42(46-43)26-15-18-32-30-10-4-6-12-36(30)48-38(32)22-26;1-2-8-28-24(7-1)16-20-36-40(28)33-19-15-27(23-39(33)49-36)43-45-41(25-13-17-31-29-9-3-5-11-34(29)47-37(31)21-25)44-42(46-43)26-14-18-32-30-10-4-6-12-35(30)48-38(32)22-26;1-49(2,3)27-15-19-33-32-18-14-26(22-38(32)48-39(33)23-27)42-44-40(24-12-16-30-28-8-4-6-10-34(28)46-36(30)20-24)43-41(45-42)25-13-17-31-29-9-5-7-11-35(29)47-37(31)21-25/h2*1-23H;4-23H,1-3H3. The second-order valence-electron chi connectivity index (χ2n) is 38.5. The predicted octanol–water partition coefficient (Wildman–Crippen LogP) is 34.6. The first-order chi connectivity index (χ1) is 72.3. The molecule has 0 N–H and O–H groups in total. The van der Waals surface area contributed by atoms with Crippen LogP contribution in [-0.4, -0.2) is 52.9 Å². The average Bonchev–Trinajstić information content (AvgIpc) is 1.62. The molecule has 0 aliphatic carbocycles. The molecule has 690 valence electrons. The van der Waals surface area contributed by atoms with Gasteiger partial charge in [0.15, 0.2) is 52.4 Å². The molecule has 19 heteroatoms. The molecule has 0 aliphatic heterocycles. The first-order valence-electron chi connectivity index (χ1n) is 48.8. The van der Waals surface area contributed by atoms with Crippen molar-refractivity contribution in [1.82, 2.24) is 44.9 Å². The van der Waals surface area contributed by atoms with Crippen molar-refractivity contribution in [3.8, 4) is 102 Å². The number of benzene rings is 20. The molecule has 0 saturated carbocycles. The van der Waals surface area contributed by atoms with E-state index >= 15 is 0 Å². The van der Waals surface area contributed by atoms with Gasteiger partial charge in [0.1, 0.15) is 100 Å². The smallest absolute Gasteiger partial charge is 0.164 e. The van der Waals surface area contributed by atoms with E-state index < -0.39 is 8.07 Å². The molecule has 12 aromatic heterocycles. The number of rotatable bonds is 10.